The standard InChI is InChI=1S/C8H10N6O4S2/c9-13-8-5(14(15)16)3-7(19-8)20(17,18)12-4-6-10-1-2-11-6/h1-3,12-13H,4,9H2,(H,10,11). The number of nitrogen functional groups attached to an aromatic ring is 1. The molecule has 2 heterocycles. The minimum absolute atomic E-state index is 0.0339. The summed E-state index contributed by atoms with van der Waals surface area (Å²) in [6.45, 7) is -0.0492. The van der Waals surface area contributed by atoms with Crippen molar-refractivity contribution in [2.24, 2.45) is 5.84 Å². The van der Waals surface area contributed by atoms with Crippen molar-refractivity contribution in [2.45, 2.75) is 10.8 Å². The van der Waals surface area contributed by atoms with Gasteiger partial charge in [-0.15, -0.1) is 0 Å². The van der Waals surface area contributed by atoms with E-state index in [2.05, 4.69) is 20.1 Å². The molecule has 108 valence electrons. The molecule has 12 heteroatoms. The van der Waals surface area contributed by atoms with Gasteiger partial charge in [-0.3, -0.25) is 10.1 Å². The number of anilines is 1. The van der Waals surface area contributed by atoms with Crippen LogP contribution in [0.3, 0.4) is 0 Å². The highest BCUT2D eigenvalue weighted by Gasteiger charge is 2.25. The van der Waals surface area contributed by atoms with Gasteiger partial charge in [-0.2, -0.15) is 0 Å². The molecule has 0 saturated heterocycles. The molecule has 5 N–H and O–H groups in total. The molecule has 0 spiro atoms. The lowest BCUT2D eigenvalue weighted by molar-refractivity contribution is -0.383. The highest BCUT2D eigenvalue weighted by Crippen LogP contribution is 2.36. The fourth-order valence-corrected chi connectivity index (χ4v) is 3.63. The number of hydrogen-bond donors (Lipinski definition) is 4. The van der Waals surface area contributed by atoms with Crippen LogP contribution in [0.5, 0.6) is 0 Å². The third kappa shape index (κ3) is 2.93. The molecule has 2 aromatic rings. The van der Waals surface area contributed by atoms with Crippen LogP contribution < -0.4 is 16.0 Å². The van der Waals surface area contributed by atoms with E-state index in [1.165, 1.54) is 6.20 Å². The summed E-state index contributed by atoms with van der Waals surface area (Å²) in [7, 11) is -3.87. The van der Waals surface area contributed by atoms with Crippen molar-refractivity contribution >= 4 is 32.0 Å². The second-order valence-electron chi connectivity index (χ2n) is 3.54. The second-order valence-corrected chi connectivity index (χ2v) is 6.59. The number of nitrogens with two attached hydrogens (primary N) is 1. The first-order valence-electron chi connectivity index (χ1n) is 5.17. The fraction of sp³-hybridized carbons (Fsp3) is 0.125. The molecule has 0 amide bonds. The Morgan fingerprint density at radius 3 is 2.80 bits per heavy atom. The monoisotopic (exact) mass is 318 g/mol. The Morgan fingerprint density at radius 2 is 2.30 bits per heavy atom. The molecule has 0 radical (unpaired) electrons. The predicted octanol–water partition coefficient (Wildman–Crippen LogP) is 0.143. The highest BCUT2D eigenvalue weighted by molar-refractivity contribution is 7.91. The van der Waals surface area contributed by atoms with E-state index in [1.54, 1.807) is 6.20 Å². The Morgan fingerprint density at radius 1 is 1.55 bits per heavy atom. The van der Waals surface area contributed by atoms with Crippen molar-refractivity contribution in [3.63, 3.8) is 0 Å². The quantitative estimate of drug-likeness (QED) is 0.335. The molecule has 0 atom stereocenters. The summed E-state index contributed by atoms with van der Waals surface area (Å²) in [5.41, 5.74) is 1.71. The predicted molar refractivity (Wildman–Crippen MR) is 71.4 cm³/mol. The molecule has 0 fully saturated rings. The zero-order valence-corrected chi connectivity index (χ0v) is 11.5. The number of H-pyrrole nitrogens is 1. The largest absolute Gasteiger partial charge is 0.347 e. The highest BCUT2D eigenvalue weighted by atomic mass is 32.2. The number of hydrazine groups is 1. The maximum atomic E-state index is 12.0. The fourth-order valence-electron chi connectivity index (χ4n) is 1.36. The Hall–Kier alpha value is -2.02. The zero-order chi connectivity index (χ0) is 14.8. The minimum atomic E-state index is -3.87. The van der Waals surface area contributed by atoms with Crippen LogP contribution >= 0.6 is 11.3 Å². The van der Waals surface area contributed by atoms with Gasteiger partial charge in [-0.25, -0.2) is 24.0 Å². The number of imidazole rings is 1. The topological polar surface area (TPSA) is 156 Å². The van der Waals surface area contributed by atoms with E-state index in [4.69, 9.17) is 5.84 Å². The molecule has 0 saturated carbocycles. The summed E-state index contributed by atoms with van der Waals surface area (Å²) in [5, 5.41) is 10.7. The molecule has 20 heavy (non-hydrogen) atoms. The van der Waals surface area contributed by atoms with Crippen molar-refractivity contribution < 1.29 is 13.3 Å². The van der Waals surface area contributed by atoms with Crippen molar-refractivity contribution in [2.75, 3.05) is 5.43 Å². The number of nitrogens with zero attached hydrogens (tertiary/aromatic N) is 2. The van der Waals surface area contributed by atoms with E-state index < -0.39 is 20.6 Å². The van der Waals surface area contributed by atoms with E-state index in [1.807, 2.05) is 0 Å². The van der Waals surface area contributed by atoms with Gasteiger partial charge in [0.15, 0.2) is 5.00 Å². The summed E-state index contributed by atoms with van der Waals surface area (Å²) in [5.74, 6) is 5.55. The SMILES string of the molecule is NNc1sc(S(=O)(=O)NCc2ncc[nH]2)cc1[N+](=O)[O-]. The summed E-state index contributed by atoms with van der Waals surface area (Å²) in [4.78, 5) is 16.6. The van der Waals surface area contributed by atoms with Gasteiger partial charge < -0.3 is 10.4 Å². The lowest BCUT2D eigenvalue weighted by Crippen LogP contribution is -2.23. The van der Waals surface area contributed by atoms with Crippen molar-refractivity contribution in [3.05, 3.63) is 34.4 Å². The van der Waals surface area contributed by atoms with E-state index in [0.717, 1.165) is 6.07 Å². The maximum Gasteiger partial charge on any atom is 0.306 e. The van der Waals surface area contributed by atoms with Crippen LogP contribution in [0.2, 0.25) is 0 Å². The van der Waals surface area contributed by atoms with Crippen LogP contribution in [0.4, 0.5) is 10.7 Å². The van der Waals surface area contributed by atoms with Crippen molar-refractivity contribution in [1.82, 2.24) is 14.7 Å². The molecule has 0 aliphatic heterocycles. The average Bonchev–Trinajstić information content (AvgIpc) is 3.05. The molecule has 2 aromatic heterocycles. The molecule has 0 unspecified atom stereocenters. The molecule has 0 aliphatic rings. The summed E-state index contributed by atoms with van der Waals surface area (Å²) < 4.78 is 26.1. The van der Waals surface area contributed by atoms with Crippen LogP contribution in [0.25, 0.3) is 0 Å². The number of hydrogen-bond acceptors (Lipinski definition) is 8. The Bertz CT molecular complexity index is 707. The number of rotatable bonds is 6. The van der Waals surface area contributed by atoms with E-state index in [0.29, 0.717) is 17.2 Å². The zero-order valence-electron chi connectivity index (χ0n) is 9.86. The van der Waals surface area contributed by atoms with Crippen LogP contribution in [-0.2, 0) is 16.6 Å². The Labute approximate surface area is 117 Å². The normalized spacial score (nSPS) is 11.4. The van der Waals surface area contributed by atoms with E-state index >= 15 is 0 Å². The van der Waals surface area contributed by atoms with Crippen molar-refractivity contribution in [3.8, 4) is 0 Å². The Balaban J connectivity index is 2.23. The summed E-state index contributed by atoms with van der Waals surface area (Å²) >= 11 is 0.673. The van der Waals surface area contributed by atoms with Gasteiger partial charge in [0.1, 0.15) is 10.0 Å². The molecular weight excluding hydrogens is 308 g/mol. The summed E-state index contributed by atoms with van der Waals surface area (Å²) in [6, 6.07) is 0.949. The first-order chi connectivity index (χ1) is 9.44. The maximum absolute atomic E-state index is 12.0. The first-order valence-corrected chi connectivity index (χ1v) is 7.47. The third-order valence-electron chi connectivity index (χ3n) is 2.27. The smallest absolute Gasteiger partial charge is 0.306 e. The van der Waals surface area contributed by atoms with Gasteiger partial charge >= 0.3 is 5.69 Å². The second kappa shape index (κ2) is 5.54. The van der Waals surface area contributed by atoms with Crippen LogP contribution in [0.15, 0.2) is 22.7 Å². The van der Waals surface area contributed by atoms with Crippen LogP contribution in [0, 0.1) is 10.1 Å². The van der Waals surface area contributed by atoms with E-state index in [9.17, 15) is 18.5 Å². The molecule has 0 bridgehead atoms. The Kier molecular flexibility index (Phi) is 3.99. The number of aromatic nitrogens is 2. The van der Waals surface area contributed by atoms with E-state index in [-0.39, 0.29) is 15.8 Å². The number of nitrogens with one attached hydrogen (secondary N) is 3. The van der Waals surface area contributed by atoms with Gasteiger partial charge in [-0.1, -0.05) is 11.3 Å². The molecule has 0 aromatic carbocycles. The average molecular weight is 318 g/mol. The summed E-state index contributed by atoms with van der Waals surface area (Å²) in [6.07, 6.45) is 3.03. The molecule has 0 aliphatic carbocycles. The third-order valence-corrected chi connectivity index (χ3v) is 5.20. The van der Waals surface area contributed by atoms with Gasteiger partial charge in [0.05, 0.1) is 11.5 Å². The van der Waals surface area contributed by atoms with Crippen LogP contribution in [-0.4, -0.2) is 23.3 Å². The molecule has 10 nitrogen and oxygen atoms in total. The van der Waals surface area contributed by atoms with Gasteiger partial charge in [0.2, 0.25) is 0 Å². The number of nitro groups is 1. The number of aromatic amines is 1. The van der Waals surface area contributed by atoms with Gasteiger partial charge in [0, 0.05) is 18.5 Å². The van der Waals surface area contributed by atoms with Crippen molar-refractivity contribution in [1.29, 1.82) is 0 Å². The van der Waals surface area contributed by atoms with Crippen LogP contribution in [0.1, 0.15) is 5.82 Å². The van der Waals surface area contributed by atoms with Gasteiger partial charge in [0.25, 0.3) is 10.0 Å². The minimum Gasteiger partial charge on any atom is -0.347 e. The van der Waals surface area contributed by atoms with Gasteiger partial charge in [-0.05, 0) is 0 Å². The lowest BCUT2D eigenvalue weighted by Gasteiger charge is -2.01. The molecule has 2 rings (SSSR count). The number of sulfonamides is 1. The number of thiophene rings is 1. The first kappa shape index (κ1) is 14.4. The molecular formula is C8H10N6O4S2. The lowest BCUT2D eigenvalue weighted by atomic mass is 10.5.